The van der Waals surface area contributed by atoms with Gasteiger partial charge in [-0.2, -0.15) is 0 Å². The van der Waals surface area contributed by atoms with E-state index in [2.05, 4.69) is 0 Å². The molecule has 0 saturated carbocycles. The number of carbonyl (C=O) groups excluding carboxylic acids is 1. The second-order valence-electron chi connectivity index (χ2n) is 5.24. The van der Waals surface area contributed by atoms with Gasteiger partial charge in [0.25, 0.3) is 0 Å². The van der Waals surface area contributed by atoms with E-state index in [9.17, 15) is 9.18 Å². The van der Waals surface area contributed by atoms with E-state index < -0.39 is 5.41 Å². The van der Waals surface area contributed by atoms with Crippen LogP contribution in [0, 0.1) is 11.2 Å². The first-order valence-electron chi connectivity index (χ1n) is 5.97. The summed E-state index contributed by atoms with van der Waals surface area (Å²) in [5, 5.41) is 0. The fraction of sp³-hybridized carbons (Fsp3) is 0.462. The van der Waals surface area contributed by atoms with Crippen molar-refractivity contribution in [3.05, 3.63) is 29.6 Å². The van der Waals surface area contributed by atoms with Gasteiger partial charge in [0.15, 0.2) is 0 Å². The van der Waals surface area contributed by atoms with Gasteiger partial charge in [-0.1, -0.05) is 6.07 Å². The zero-order valence-electron chi connectivity index (χ0n) is 10.4. The Balaban J connectivity index is 2.06. The molecule has 5 heteroatoms. The first kappa shape index (κ1) is 12.8. The van der Waals surface area contributed by atoms with Gasteiger partial charge in [0.2, 0.25) is 5.91 Å². The maximum absolute atomic E-state index is 13.7. The molecule has 1 heterocycles. The quantitative estimate of drug-likeness (QED) is 0.790. The van der Waals surface area contributed by atoms with Crippen molar-refractivity contribution in [3.8, 4) is 0 Å². The van der Waals surface area contributed by atoms with E-state index in [1.165, 1.54) is 6.07 Å². The number of hydrogen-bond acceptors (Lipinski definition) is 3. The molecule has 0 bridgehead atoms. The van der Waals surface area contributed by atoms with Crippen LogP contribution in [0.1, 0.15) is 18.9 Å². The highest BCUT2D eigenvalue weighted by Crippen LogP contribution is 2.30. The first-order chi connectivity index (χ1) is 8.40. The Morgan fingerprint density at radius 2 is 2.28 bits per heavy atom. The summed E-state index contributed by atoms with van der Waals surface area (Å²) in [6.07, 6.45) is 0.721. The lowest BCUT2D eigenvalue weighted by Crippen LogP contribution is -2.37. The topological polar surface area (TPSA) is 72.4 Å². The third-order valence-electron chi connectivity index (χ3n) is 3.62. The van der Waals surface area contributed by atoms with Gasteiger partial charge in [-0.05, 0) is 32.0 Å². The zero-order valence-corrected chi connectivity index (χ0v) is 10.4. The molecule has 0 aromatic heterocycles. The molecule has 1 atom stereocenters. The number of nitrogens with zero attached hydrogens (tertiary/aromatic N) is 1. The number of nitrogen functional groups attached to an aromatic ring is 1. The Labute approximate surface area is 106 Å². The van der Waals surface area contributed by atoms with Gasteiger partial charge < -0.3 is 11.5 Å². The lowest BCUT2D eigenvalue weighted by atomic mass is 9.89. The zero-order chi connectivity index (χ0) is 13.3. The average Bonchev–Trinajstić information content (AvgIpc) is 2.66. The Kier molecular flexibility index (Phi) is 3.26. The Hall–Kier alpha value is -1.62. The molecule has 1 aromatic rings. The van der Waals surface area contributed by atoms with Crippen LogP contribution in [-0.2, 0) is 11.3 Å². The molecule has 1 amide bonds. The number of benzene rings is 1. The fourth-order valence-corrected chi connectivity index (χ4v) is 2.33. The standard InChI is InChI=1S/C13H18FN3O/c1-13(12(16)18)4-5-17(8-13)7-9-2-3-10(15)6-11(9)14/h2-3,6H,4-5,7-8,15H2,1H3,(H2,16,18). The monoisotopic (exact) mass is 251 g/mol. The lowest BCUT2D eigenvalue weighted by Gasteiger charge is -2.21. The summed E-state index contributed by atoms with van der Waals surface area (Å²) >= 11 is 0. The highest BCUT2D eigenvalue weighted by molar-refractivity contribution is 5.81. The van der Waals surface area contributed by atoms with Crippen molar-refractivity contribution >= 4 is 11.6 Å². The van der Waals surface area contributed by atoms with Gasteiger partial charge in [-0.15, -0.1) is 0 Å². The normalized spacial score (nSPS) is 24.3. The van der Waals surface area contributed by atoms with Gasteiger partial charge >= 0.3 is 0 Å². The summed E-state index contributed by atoms with van der Waals surface area (Å²) in [4.78, 5) is 13.4. The van der Waals surface area contributed by atoms with E-state index in [0.717, 1.165) is 13.0 Å². The predicted octanol–water partition coefficient (Wildman–Crippen LogP) is 1.11. The summed E-state index contributed by atoms with van der Waals surface area (Å²) < 4.78 is 13.7. The Morgan fingerprint density at radius 3 is 2.83 bits per heavy atom. The van der Waals surface area contributed by atoms with Gasteiger partial charge in [0.1, 0.15) is 5.82 Å². The number of hydrogen-bond donors (Lipinski definition) is 2. The maximum Gasteiger partial charge on any atom is 0.224 e. The van der Waals surface area contributed by atoms with Crippen molar-refractivity contribution in [2.24, 2.45) is 11.1 Å². The molecule has 2 rings (SSSR count). The number of rotatable bonds is 3. The van der Waals surface area contributed by atoms with Crippen LogP contribution in [0.4, 0.5) is 10.1 Å². The Morgan fingerprint density at radius 1 is 1.56 bits per heavy atom. The van der Waals surface area contributed by atoms with Crippen molar-refractivity contribution in [2.45, 2.75) is 19.9 Å². The molecule has 1 saturated heterocycles. The van der Waals surface area contributed by atoms with E-state index >= 15 is 0 Å². The van der Waals surface area contributed by atoms with E-state index in [1.54, 1.807) is 12.1 Å². The molecule has 0 radical (unpaired) electrons. The molecule has 4 N–H and O–H groups in total. The summed E-state index contributed by atoms with van der Waals surface area (Å²) in [6, 6.07) is 4.69. The van der Waals surface area contributed by atoms with Gasteiger partial charge in [0.05, 0.1) is 5.41 Å². The highest BCUT2D eigenvalue weighted by Gasteiger charge is 2.38. The number of halogens is 1. The van der Waals surface area contributed by atoms with Crippen LogP contribution in [0.2, 0.25) is 0 Å². The number of primary amides is 1. The van der Waals surface area contributed by atoms with Gasteiger partial charge in [0, 0.05) is 24.3 Å². The number of nitrogens with two attached hydrogens (primary N) is 2. The first-order valence-corrected chi connectivity index (χ1v) is 5.97. The van der Waals surface area contributed by atoms with Gasteiger partial charge in [-0.25, -0.2) is 4.39 Å². The second-order valence-corrected chi connectivity index (χ2v) is 5.24. The number of anilines is 1. The third-order valence-corrected chi connectivity index (χ3v) is 3.62. The molecule has 1 aliphatic heterocycles. The van der Waals surface area contributed by atoms with Crippen molar-refractivity contribution in [3.63, 3.8) is 0 Å². The number of amides is 1. The van der Waals surface area contributed by atoms with Crippen LogP contribution in [-0.4, -0.2) is 23.9 Å². The van der Waals surface area contributed by atoms with Crippen LogP contribution >= 0.6 is 0 Å². The molecule has 98 valence electrons. The molecule has 1 unspecified atom stereocenters. The smallest absolute Gasteiger partial charge is 0.224 e. The number of carbonyl (C=O) groups is 1. The molecule has 18 heavy (non-hydrogen) atoms. The number of likely N-dealkylation sites (tertiary alicyclic amines) is 1. The summed E-state index contributed by atoms with van der Waals surface area (Å²) in [5.41, 5.74) is 11.4. The van der Waals surface area contributed by atoms with Crippen molar-refractivity contribution < 1.29 is 9.18 Å². The van der Waals surface area contributed by atoms with Crippen LogP contribution in [0.25, 0.3) is 0 Å². The minimum atomic E-state index is -0.496. The van der Waals surface area contributed by atoms with Crippen LogP contribution < -0.4 is 11.5 Å². The highest BCUT2D eigenvalue weighted by atomic mass is 19.1. The lowest BCUT2D eigenvalue weighted by molar-refractivity contribution is -0.126. The minimum Gasteiger partial charge on any atom is -0.399 e. The Bertz CT molecular complexity index is 477. The van der Waals surface area contributed by atoms with E-state index in [0.29, 0.717) is 24.3 Å². The second kappa shape index (κ2) is 4.57. The molecule has 1 fully saturated rings. The van der Waals surface area contributed by atoms with Crippen LogP contribution in [0.5, 0.6) is 0 Å². The van der Waals surface area contributed by atoms with Crippen molar-refractivity contribution in [2.75, 3.05) is 18.8 Å². The molecule has 1 aromatic carbocycles. The predicted molar refractivity (Wildman–Crippen MR) is 68.0 cm³/mol. The van der Waals surface area contributed by atoms with Crippen molar-refractivity contribution in [1.82, 2.24) is 4.90 Å². The minimum absolute atomic E-state index is 0.289. The molecular formula is C13H18FN3O. The molecule has 0 aliphatic carbocycles. The molecule has 1 aliphatic rings. The van der Waals surface area contributed by atoms with Crippen molar-refractivity contribution in [1.29, 1.82) is 0 Å². The van der Waals surface area contributed by atoms with Crippen LogP contribution in [0.3, 0.4) is 0 Å². The van der Waals surface area contributed by atoms with E-state index in [4.69, 9.17) is 11.5 Å². The SMILES string of the molecule is CC1(C(N)=O)CCN(Cc2ccc(N)cc2F)C1. The average molecular weight is 251 g/mol. The summed E-state index contributed by atoms with van der Waals surface area (Å²) in [7, 11) is 0. The van der Waals surface area contributed by atoms with Gasteiger partial charge in [-0.3, -0.25) is 9.69 Å². The largest absolute Gasteiger partial charge is 0.399 e. The molecule has 4 nitrogen and oxygen atoms in total. The fourth-order valence-electron chi connectivity index (χ4n) is 2.33. The van der Waals surface area contributed by atoms with E-state index in [-0.39, 0.29) is 11.7 Å². The summed E-state index contributed by atoms with van der Waals surface area (Å²) in [6.45, 7) is 3.67. The maximum atomic E-state index is 13.7. The molecular weight excluding hydrogens is 233 g/mol. The third kappa shape index (κ3) is 2.46. The van der Waals surface area contributed by atoms with Crippen LogP contribution in [0.15, 0.2) is 18.2 Å². The molecule has 0 spiro atoms. The van der Waals surface area contributed by atoms with E-state index in [1.807, 2.05) is 11.8 Å². The summed E-state index contributed by atoms with van der Waals surface area (Å²) in [5.74, 6) is -0.592.